The zero-order valence-electron chi connectivity index (χ0n) is 14.8. The summed E-state index contributed by atoms with van der Waals surface area (Å²) in [7, 11) is 1.56. The van der Waals surface area contributed by atoms with E-state index in [1.807, 2.05) is 4.90 Å². The highest BCUT2D eigenvalue weighted by Crippen LogP contribution is 2.47. The standard InChI is InChI=1S/C18H22N6O2/c1-23-15(25)7-6-14(22-23)18(26)24-8-12(10-2-3-10)13(9-24)17-19-16(20-21-17)11-4-5-11/h6-7,10-13H,2-5,8-9H2,1H3,(H,19,20,21)/t12-,13+/m1/s1. The molecule has 0 aromatic carbocycles. The molecule has 8 heteroatoms. The van der Waals surface area contributed by atoms with E-state index < -0.39 is 0 Å². The molecule has 8 nitrogen and oxygen atoms in total. The van der Waals surface area contributed by atoms with Gasteiger partial charge in [-0.1, -0.05) is 0 Å². The first-order valence-corrected chi connectivity index (χ1v) is 9.36. The molecule has 26 heavy (non-hydrogen) atoms. The van der Waals surface area contributed by atoms with E-state index in [-0.39, 0.29) is 17.4 Å². The van der Waals surface area contributed by atoms with E-state index in [1.54, 1.807) is 7.05 Å². The van der Waals surface area contributed by atoms with E-state index in [2.05, 4.69) is 15.3 Å². The molecule has 0 spiro atoms. The maximum Gasteiger partial charge on any atom is 0.274 e. The van der Waals surface area contributed by atoms with Crippen LogP contribution in [0.5, 0.6) is 0 Å². The third-order valence-corrected chi connectivity index (χ3v) is 5.87. The van der Waals surface area contributed by atoms with Gasteiger partial charge in [0.2, 0.25) is 0 Å². The lowest BCUT2D eigenvalue weighted by Crippen LogP contribution is -2.32. The summed E-state index contributed by atoms with van der Waals surface area (Å²) in [5, 5.41) is 11.6. The molecule has 5 rings (SSSR count). The second kappa shape index (κ2) is 5.75. The topological polar surface area (TPSA) is 96.8 Å². The van der Waals surface area contributed by atoms with Crippen molar-refractivity contribution < 1.29 is 4.79 Å². The smallest absolute Gasteiger partial charge is 0.274 e. The maximum absolute atomic E-state index is 12.9. The molecule has 2 saturated carbocycles. The number of likely N-dealkylation sites (tertiary alicyclic amines) is 1. The third-order valence-electron chi connectivity index (χ3n) is 5.87. The summed E-state index contributed by atoms with van der Waals surface area (Å²) < 4.78 is 1.21. The Bertz CT molecular complexity index is 910. The predicted molar refractivity (Wildman–Crippen MR) is 92.7 cm³/mol. The molecule has 3 fully saturated rings. The van der Waals surface area contributed by atoms with Crippen LogP contribution in [0.3, 0.4) is 0 Å². The molecule has 1 aliphatic heterocycles. The highest BCUT2D eigenvalue weighted by atomic mass is 16.2. The Morgan fingerprint density at radius 1 is 1.19 bits per heavy atom. The summed E-state index contributed by atoms with van der Waals surface area (Å²) in [5.74, 6) is 3.56. The highest BCUT2D eigenvalue weighted by molar-refractivity contribution is 5.92. The average Bonchev–Trinajstić information content (AvgIpc) is 3.57. The van der Waals surface area contributed by atoms with Crippen LogP contribution in [-0.2, 0) is 7.05 Å². The molecule has 3 heterocycles. The first-order chi connectivity index (χ1) is 12.6. The van der Waals surface area contributed by atoms with Crippen molar-refractivity contribution in [1.82, 2.24) is 29.9 Å². The van der Waals surface area contributed by atoms with Crippen LogP contribution in [0.4, 0.5) is 0 Å². The molecule has 2 aliphatic carbocycles. The lowest BCUT2D eigenvalue weighted by atomic mass is 9.91. The monoisotopic (exact) mass is 354 g/mol. The minimum atomic E-state index is -0.217. The van der Waals surface area contributed by atoms with Gasteiger partial charge in [-0.05, 0) is 43.6 Å². The zero-order valence-corrected chi connectivity index (χ0v) is 14.8. The van der Waals surface area contributed by atoms with Crippen molar-refractivity contribution >= 4 is 5.91 Å². The summed E-state index contributed by atoms with van der Waals surface area (Å²) in [5.41, 5.74) is 0.101. The lowest BCUT2D eigenvalue weighted by Gasteiger charge is -2.15. The van der Waals surface area contributed by atoms with Crippen LogP contribution in [0.1, 0.15) is 59.7 Å². The number of hydrogen-bond donors (Lipinski definition) is 1. The number of aryl methyl sites for hydroxylation is 1. The lowest BCUT2D eigenvalue weighted by molar-refractivity contribution is 0.0776. The summed E-state index contributed by atoms with van der Waals surface area (Å²) >= 11 is 0. The molecule has 1 saturated heterocycles. The molecular formula is C18H22N6O2. The largest absolute Gasteiger partial charge is 0.336 e. The second-order valence-corrected chi connectivity index (χ2v) is 7.85. The Labute approximate surface area is 150 Å². The summed E-state index contributed by atoms with van der Waals surface area (Å²) in [6.07, 6.45) is 4.81. The number of H-pyrrole nitrogens is 1. The van der Waals surface area contributed by atoms with Crippen molar-refractivity contribution in [3.8, 4) is 0 Å². The molecular weight excluding hydrogens is 332 g/mol. The van der Waals surface area contributed by atoms with Gasteiger partial charge >= 0.3 is 0 Å². The molecule has 0 unspecified atom stereocenters. The molecule has 2 aromatic rings. The zero-order chi connectivity index (χ0) is 17.8. The van der Waals surface area contributed by atoms with Gasteiger partial charge in [-0.2, -0.15) is 10.2 Å². The van der Waals surface area contributed by atoms with Crippen molar-refractivity contribution in [3.63, 3.8) is 0 Å². The number of hydrogen-bond acceptors (Lipinski definition) is 5. The molecule has 1 amide bonds. The summed E-state index contributed by atoms with van der Waals surface area (Å²) in [6, 6.07) is 2.91. The number of aromatic nitrogens is 5. The Balaban J connectivity index is 1.39. The van der Waals surface area contributed by atoms with E-state index >= 15 is 0 Å². The first-order valence-electron chi connectivity index (χ1n) is 9.36. The minimum Gasteiger partial charge on any atom is -0.336 e. The van der Waals surface area contributed by atoms with Gasteiger partial charge in [-0.25, -0.2) is 9.67 Å². The van der Waals surface area contributed by atoms with Crippen LogP contribution in [0.25, 0.3) is 0 Å². The van der Waals surface area contributed by atoms with E-state index in [0.717, 1.165) is 18.2 Å². The van der Waals surface area contributed by atoms with Gasteiger partial charge in [-0.3, -0.25) is 14.7 Å². The number of carbonyl (C=O) groups is 1. The molecule has 2 aromatic heterocycles. The molecule has 0 radical (unpaired) electrons. The van der Waals surface area contributed by atoms with Crippen LogP contribution < -0.4 is 5.56 Å². The van der Waals surface area contributed by atoms with Crippen LogP contribution in [0.2, 0.25) is 0 Å². The molecule has 2 atom stereocenters. The number of nitrogens with one attached hydrogen (secondary N) is 1. The highest BCUT2D eigenvalue weighted by Gasteiger charge is 2.46. The van der Waals surface area contributed by atoms with E-state index in [0.29, 0.717) is 30.0 Å². The van der Waals surface area contributed by atoms with Crippen LogP contribution in [-0.4, -0.2) is 48.9 Å². The van der Waals surface area contributed by atoms with Crippen molar-refractivity contribution in [3.05, 3.63) is 39.8 Å². The van der Waals surface area contributed by atoms with Crippen molar-refractivity contribution in [2.75, 3.05) is 13.1 Å². The van der Waals surface area contributed by atoms with Gasteiger partial charge in [0.1, 0.15) is 11.5 Å². The molecule has 0 bridgehead atoms. The van der Waals surface area contributed by atoms with Crippen molar-refractivity contribution in [2.24, 2.45) is 18.9 Å². The maximum atomic E-state index is 12.9. The van der Waals surface area contributed by atoms with Gasteiger partial charge < -0.3 is 4.90 Å². The fourth-order valence-electron chi connectivity index (χ4n) is 4.04. The first kappa shape index (κ1) is 15.7. The minimum absolute atomic E-state index is 0.115. The quantitative estimate of drug-likeness (QED) is 0.885. The Morgan fingerprint density at radius 3 is 2.69 bits per heavy atom. The van der Waals surface area contributed by atoms with Crippen LogP contribution in [0.15, 0.2) is 16.9 Å². The fourth-order valence-corrected chi connectivity index (χ4v) is 4.04. The third kappa shape index (κ3) is 2.73. The Hall–Kier alpha value is -2.51. The van der Waals surface area contributed by atoms with E-state index in [4.69, 9.17) is 4.98 Å². The van der Waals surface area contributed by atoms with Crippen LogP contribution in [0, 0.1) is 11.8 Å². The fraction of sp³-hybridized carbons (Fsp3) is 0.611. The van der Waals surface area contributed by atoms with E-state index in [1.165, 1.54) is 42.5 Å². The molecule has 136 valence electrons. The van der Waals surface area contributed by atoms with Crippen LogP contribution >= 0.6 is 0 Å². The number of amides is 1. The predicted octanol–water partition coefficient (Wildman–Crippen LogP) is 1.04. The summed E-state index contributed by atoms with van der Waals surface area (Å²) in [4.78, 5) is 31.0. The Morgan fingerprint density at radius 2 is 2.00 bits per heavy atom. The normalized spacial score (nSPS) is 25.7. The van der Waals surface area contributed by atoms with Gasteiger partial charge in [0.15, 0.2) is 5.82 Å². The number of carbonyl (C=O) groups excluding carboxylic acids is 1. The summed E-state index contributed by atoms with van der Waals surface area (Å²) in [6.45, 7) is 1.35. The number of rotatable bonds is 4. The van der Waals surface area contributed by atoms with Gasteiger partial charge in [0, 0.05) is 38.0 Å². The Kier molecular flexibility index (Phi) is 3.48. The number of nitrogens with zero attached hydrogens (tertiary/aromatic N) is 5. The SMILES string of the molecule is Cn1nc(C(=O)N2C[C@H](c3nc(C4CC4)n[nH]3)[C@@H](C3CC3)C2)ccc1=O. The van der Waals surface area contributed by atoms with Crippen molar-refractivity contribution in [2.45, 2.75) is 37.5 Å². The van der Waals surface area contributed by atoms with Gasteiger partial charge in [0.05, 0.1) is 0 Å². The molecule has 3 aliphatic rings. The second-order valence-electron chi connectivity index (χ2n) is 7.85. The number of aromatic amines is 1. The van der Waals surface area contributed by atoms with Gasteiger partial charge in [-0.15, -0.1) is 0 Å². The molecule has 1 N–H and O–H groups in total. The average molecular weight is 354 g/mol. The van der Waals surface area contributed by atoms with Gasteiger partial charge in [0.25, 0.3) is 11.5 Å². The van der Waals surface area contributed by atoms with Crippen molar-refractivity contribution in [1.29, 1.82) is 0 Å². The van der Waals surface area contributed by atoms with E-state index in [9.17, 15) is 9.59 Å².